The zero-order chi connectivity index (χ0) is 14.7. The van der Waals surface area contributed by atoms with Crippen LogP contribution in [0.2, 0.25) is 0 Å². The Kier molecular flexibility index (Phi) is 4.78. The second-order valence-electron chi connectivity index (χ2n) is 5.97. The quantitative estimate of drug-likeness (QED) is 0.923. The van der Waals surface area contributed by atoms with Crippen molar-refractivity contribution in [1.82, 2.24) is 4.90 Å². The summed E-state index contributed by atoms with van der Waals surface area (Å²) in [6.45, 7) is 6.59. The minimum absolute atomic E-state index is 0.153. The Bertz CT molecular complexity index is 477. The van der Waals surface area contributed by atoms with Gasteiger partial charge in [-0.1, -0.05) is 13.0 Å². The molecule has 21 heavy (non-hydrogen) atoms. The molecule has 1 aromatic rings. The van der Waals surface area contributed by atoms with E-state index in [2.05, 4.69) is 17.9 Å². The number of aliphatic hydroxyl groups is 1. The summed E-state index contributed by atoms with van der Waals surface area (Å²) < 4.78 is 11.7. The maximum atomic E-state index is 9.98. The molecule has 1 aliphatic heterocycles. The third-order valence-electron chi connectivity index (χ3n) is 4.50. The third-order valence-corrected chi connectivity index (χ3v) is 4.50. The minimum Gasteiger partial charge on any atom is -0.491 e. The Morgan fingerprint density at radius 2 is 2.33 bits per heavy atom. The normalized spacial score (nSPS) is 26.4. The minimum atomic E-state index is -0.303. The van der Waals surface area contributed by atoms with Gasteiger partial charge in [0.25, 0.3) is 0 Å². The molecule has 4 nitrogen and oxygen atoms in total. The lowest BCUT2D eigenvalue weighted by Gasteiger charge is -2.32. The van der Waals surface area contributed by atoms with Crippen molar-refractivity contribution in [1.29, 1.82) is 0 Å². The number of benzene rings is 1. The Morgan fingerprint density at radius 3 is 3.19 bits per heavy atom. The molecule has 0 saturated carbocycles. The van der Waals surface area contributed by atoms with Gasteiger partial charge < -0.3 is 14.6 Å². The first-order chi connectivity index (χ1) is 10.3. The fourth-order valence-corrected chi connectivity index (χ4v) is 3.21. The smallest absolute Gasteiger partial charge is 0.119 e. The van der Waals surface area contributed by atoms with E-state index in [0.29, 0.717) is 6.61 Å². The summed E-state index contributed by atoms with van der Waals surface area (Å²) in [7, 11) is 0. The fraction of sp³-hybridized carbons (Fsp3) is 0.647. The van der Waals surface area contributed by atoms with Crippen molar-refractivity contribution in [2.45, 2.75) is 38.4 Å². The van der Waals surface area contributed by atoms with Crippen LogP contribution in [0.4, 0.5) is 0 Å². The molecule has 1 N–H and O–H groups in total. The third kappa shape index (κ3) is 3.57. The molecule has 2 aliphatic rings. The van der Waals surface area contributed by atoms with Crippen LogP contribution in [-0.2, 0) is 11.2 Å². The van der Waals surface area contributed by atoms with Crippen LogP contribution in [0.25, 0.3) is 0 Å². The molecule has 0 bridgehead atoms. The highest BCUT2D eigenvalue weighted by Crippen LogP contribution is 2.32. The maximum absolute atomic E-state index is 9.98. The molecule has 1 saturated heterocycles. The SMILES string of the molecule is CCN1CCOC(COc2ccc3c(c2)CCCC3O)C1. The Morgan fingerprint density at radius 1 is 1.43 bits per heavy atom. The standard InChI is InChI=1S/C17H25NO3/c1-2-18-8-9-20-15(11-18)12-21-14-6-7-16-13(10-14)4-3-5-17(16)19/h6-7,10,15,17,19H,2-5,8-9,11-12H2,1H3. The van der Waals surface area contributed by atoms with E-state index in [-0.39, 0.29) is 12.2 Å². The van der Waals surface area contributed by atoms with E-state index < -0.39 is 0 Å². The predicted octanol–water partition coefficient (Wildman–Crippen LogP) is 2.16. The molecule has 0 aromatic heterocycles. The van der Waals surface area contributed by atoms with Gasteiger partial charge in [-0.15, -0.1) is 0 Å². The van der Waals surface area contributed by atoms with Crippen molar-refractivity contribution in [3.63, 3.8) is 0 Å². The first-order valence-electron chi connectivity index (χ1n) is 8.04. The zero-order valence-corrected chi connectivity index (χ0v) is 12.8. The van der Waals surface area contributed by atoms with Crippen LogP contribution >= 0.6 is 0 Å². The lowest BCUT2D eigenvalue weighted by molar-refractivity contribution is -0.0464. The summed E-state index contributed by atoms with van der Waals surface area (Å²) in [6.07, 6.45) is 2.81. The van der Waals surface area contributed by atoms with E-state index in [9.17, 15) is 5.11 Å². The average molecular weight is 291 g/mol. The molecule has 3 rings (SSSR count). The number of fused-ring (bicyclic) bond motifs is 1. The number of ether oxygens (including phenoxy) is 2. The molecule has 1 fully saturated rings. The van der Waals surface area contributed by atoms with Gasteiger partial charge in [-0.3, -0.25) is 4.90 Å². The number of rotatable bonds is 4. The molecule has 0 spiro atoms. The van der Waals surface area contributed by atoms with E-state index in [4.69, 9.17) is 9.47 Å². The van der Waals surface area contributed by atoms with E-state index in [0.717, 1.165) is 56.8 Å². The van der Waals surface area contributed by atoms with Crippen molar-refractivity contribution in [2.75, 3.05) is 32.8 Å². The number of aliphatic hydroxyl groups excluding tert-OH is 1. The van der Waals surface area contributed by atoms with Gasteiger partial charge in [0.15, 0.2) is 0 Å². The molecule has 1 aromatic carbocycles. The molecule has 0 amide bonds. The van der Waals surface area contributed by atoms with Gasteiger partial charge in [0.05, 0.1) is 12.7 Å². The van der Waals surface area contributed by atoms with Crippen LogP contribution in [0.3, 0.4) is 0 Å². The van der Waals surface area contributed by atoms with Crippen molar-refractivity contribution in [2.24, 2.45) is 0 Å². The highest BCUT2D eigenvalue weighted by molar-refractivity contribution is 5.38. The Labute approximate surface area is 126 Å². The lowest BCUT2D eigenvalue weighted by Crippen LogP contribution is -2.44. The van der Waals surface area contributed by atoms with Gasteiger partial charge in [0, 0.05) is 13.1 Å². The first-order valence-corrected chi connectivity index (χ1v) is 8.04. The number of nitrogens with zero attached hydrogens (tertiary/aromatic N) is 1. The van der Waals surface area contributed by atoms with E-state index in [1.807, 2.05) is 12.1 Å². The van der Waals surface area contributed by atoms with Crippen LogP contribution in [0, 0.1) is 0 Å². The van der Waals surface area contributed by atoms with Crippen molar-refractivity contribution < 1.29 is 14.6 Å². The highest BCUT2D eigenvalue weighted by Gasteiger charge is 2.21. The summed E-state index contributed by atoms with van der Waals surface area (Å²) >= 11 is 0. The molecular formula is C17H25NO3. The second-order valence-corrected chi connectivity index (χ2v) is 5.97. The van der Waals surface area contributed by atoms with Gasteiger partial charge in [-0.2, -0.15) is 0 Å². The van der Waals surface area contributed by atoms with Gasteiger partial charge in [0.2, 0.25) is 0 Å². The van der Waals surface area contributed by atoms with Crippen molar-refractivity contribution >= 4 is 0 Å². The number of hydrogen-bond donors (Lipinski definition) is 1. The number of aryl methyl sites for hydroxylation is 1. The first kappa shape index (κ1) is 14.8. The van der Waals surface area contributed by atoms with E-state index in [1.165, 1.54) is 5.56 Å². The van der Waals surface area contributed by atoms with Crippen LogP contribution in [-0.4, -0.2) is 49.0 Å². The van der Waals surface area contributed by atoms with Crippen LogP contribution in [0.15, 0.2) is 18.2 Å². The van der Waals surface area contributed by atoms with E-state index >= 15 is 0 Å². The molecule has 4 heteroatoms. The number of likely N-dealkylation sites (N-methyl/N-ethyl adjacent to an activating group) is 1. The summed E-state index contributed by atoms with van der Waals surface area (Å²) in [6, 6.07) is 6.06. The van der Waals surface area contributed by atoms with Crippen LogP contribution < -0.4 is 4.74 Å². The topological polar surface area (TPSA) is 41.9 Å². The van der Waals surface area contributed by atoms with Gasteiger partial charge in [0.1, 0.15) is 18.5 Å². The molecule has 1 heterocycles. The summed E-state index contributed by atoms with van der Waals surface area (Å²) in [5.74, 6) is 0.889. The monoisotopic (exact) mass is 291 g/mol. The summed E-state index contributed by atoms with van der Waals surface area (Å²) in [4.78, 5) is 2.39. The van der Waals surface area contributed by atoms with Gasteiger partial charge in [-0.05, 0) is 49.1 Å². The molecule has 2 unspecified atom stereocenters. The Hall–Kier alpha value is -1.10. The predicted molar refractivity (Wildman–Crippen MR) is 81.7 cm³/mol. The van der Waals surface area contributed by atoms with Gasteiger partial charge >= 0.3 is 0 Å². The van der Waals surface area contributed by atoms with Crippen LogP contribution in [0.1, 0.15) is 37.0 Å². The summed E-state index contributed by atoms with van der Waals surface area (Å²) in [5.41, 5.74) is 2.30. The lowest BCUT2D eigenvalue weighted by atomic mass is 9.89. The molecule has 116 valence electrons. The summed E-state index contributed by atoms with van der Waals surface area (Å²) in [5, 5.41) is 9.98. The zero-order valence-electron chi connectivity index (χ0n) is 12.8. The van der Waals surface area contributed by atoms with Crippen molar-refractivity contribution in [3.05, 3.63) is 29.3 Å². The largest absolute Gasteiger partial charge is 0.491 e. The van der Waals surface area contributed by atoms with Gasteiger partial charge in [-0.25, -0.2) is 0 Å². The number of hydrogen-bond acceptors (Lipinski definition) is 4. The van der Waals surface area contributed by atoms with E-state index in [1.54, 1.807) is 0 Å². The highest BCUT2D eigenvalue weighted by atomic mass is 16.5. The second kappa shape index (κ2) is 6.77. The average Bonchev–Trinajstić information content (AvgIpc) is 2.53. The molecule has 2 atom stereocenters. The molecule has 0 radical (unpaired) electrons. The Balaban J connectivity index is 1.58. The fourth-order valence-electron chi connectivity index (χ4n) is 3.21. The molecule has 1 aliphatic carbocycles. The maximum Gasteiger partial charge on any atom is 0.119 e. The van der Waals surface area contributed by atoms with Crippen molar-refractivity contribution in [3.8, 4) is 5.75 Å². The number of morpholine rings is 1. The van der Waals surface area contributed by atoms with Crippen LogP contribution in [0.5, 0.6) is 5.75 Å². The molecular weight excluding hydrogens is 266 g/mol.